The topological polar surface area (TPSA) is 78.9 Å². The zero-order valence-electron chi connectivity index (χ0n) is 13.8. The number of carbonyl (C=O) groups is 2. The molecule has 3 rings (SSSR count). The third-order valence-corrected chi connectivity index (χ3v) is 4.01. The highest BCUT2D eigenvalue weighted by Crippen LogP contribution is 2.35. The van der Waals surface area contributed by atoms with Gasteiger partial charge in [-0.15, -0.1) is 0 Å². The van der Waals surface area contributed by atoms with E-state index in [0.29, 0.717) is 26.8 Å². The maximum atomic E-state index is 12.3. The number of halogens is 1. The minimum absolute atomic E-state index is 0.0785. The summed E-state index contributed by atoms with van der Waals surface area (Å²) in [5, 5.41) is 0.508. The Labute approximate surface area is 151 Å². The molecule has 2 heterocycles. The highest BCUT2D eigenvalue weighted by molar-refractivity contribution is 9.10. The summed E-state index contributed by atoms with van der Waals surface area (Å²) in [6.45, 7) is 5.21. The van der Waals surface area contributed by atoms with E-state index in [4.69, 9.17) is 18.3 Å². The average molecular weight is 407 g/mol. The average Bonchev–Trinajstić information content (AvgIpc) is 3.14. The summed E-state index contributed by atoms with van der Waals surface area (Å²) >= 11 is 3.34. The first-order chi connectivity index (χ1) is 11.9. The molecule has 0 aliphatic carbocycles. The molecule has 0 radical (unpaired) electrons. The molecule has 130 valence electrons. The van der Waals surface area contributed by atoms with Gasteiger partial charge in [0.15, 0.2) is 0 Å². The van der Waals surface area contributed by atoms with E-state index in [-0.39, 0.29) is 17.6 Å². The number of furan rings is 2. The Balaban J connectivity index is 2.01. The van der Waals surface area contributed by atoms with Gasteiger partial charge in [-0.3, -0.25) is 0 Å². The van der Waals surface area contributed by atoms with Gasteiger partial charge in [-0.2, -0.15) is 0 Å². The second-order valence-corrected chi connectivity index (χ2v) is 6.49. The van der Waals surface area contributed by atoms with E-state index in [9.17, 15) is 9.59 Å². The van der Waals surface area contributed by atoms with E-state index in [2.05, 4.69) is 15.9 Å². The molecule has 7 heteroatoms. The van der Waals surface area contributed by atoms with Crippen LogP contribution in [0.4, 0.5) is 0 Å². The molecule has 0 N–H and O–H groups in total. The molecule has 1 aromatic carbocycles. The third kappa shape index (κ3) is 3.46. The molecule has 2 aromatic heterocycles. The van der Waals surface area contributed by atoms with Crippen molar-refractivity contribution in [1.82, 2.24) is 0 Å². The maximum absolute atomic E-state index is 12.3. The quantitative estimate of drug-likeness (QED) is 0.453. The second-order valence-electron chi connectivity index (χ2n) is 5.63. The monoisotopic (exact) mass is 406 g/mol. The van der Waals surface area contributed by atoms with Gasteiger partial charge in [0, 0.05) is 5.39 Å². The number of ether oxygens (including phenoxy) is 2. The lowest BCUT2D eigenvalue weighted by molar-refractivity contribution is 0.0378. The Hall–Kier alpha value is -2.54. The zero-order valence-corrected chi connectivity index (χ0v) is 15.4. The minimum atomic E-state index is -0.642. The Morgan fingerprint density at radius 1 is 1.20 bits per heavy atom. The van der Waals surface area contributed by atoms with Crippen LogP contribution in [0.25, 0.3) is 11.0 Å². The molecule has 0 amide bonds. The Morgan fingerprint density at radius 3 is 2.60 bits per heavy atom. The van der Waals surface area contributed by atoms with Gasteiger partial charge in [0.25, 0.3) is 0 Å². The van der Waals surface area contributed by atoms with Gasteiger partial charge in [-0.05, 0) is 61.0 Å². The van der Waals surface area contributed by atoms with Crippen LogP contribution >= 0.6 is 15.9 Å². The molecule has 3 aromatic rings. The first kappa shape index (κ1) is 17.3. The van der Waals surface area contributed by atoms with Crippen molar-refractivity contribution in [2.24, 2.45) is 0 Å². The van der Waals surface area contributed by atoms with Crippen LogP contribution in [0.1, 0.15) is 40.5 Å². The van der Waals surface area contributed by atoms with E-state index in [0.717, 1.165) is 0 Å². The van der Waals surface area contributed by atoms with Gasteiger partial charge < -0.3 is 18.3 Å². The number of hydrogen-bond acceptors (Lipinski definition) is 6. The zero-order chi connectivity index (χ0) is 18.1. The lowest BCUT2D eigenvalue weighted by Crippen LogP contribution is -2.12. The standard InChI is InChI=1S/C18H15BrO6/c1-9(2)23-18(21)16-10(3)24-14-8-12(19)15(7-11(14)16)25-17(20)13-5-4-6-22-13/h4-9H,1-3H3. The van der Waals surface area contributed by atoms with Crippen molar-refractivity contribution in [3.63, 3.8) is 0 Å². The smallest absolute Gasteiger partial charge is 0.379 e. The minimum Gasteiger partial charge on any atom is -0.460 e. The molecule has 0 bridgehead atoms. The second kappa shape index (κ2) is 6.76. The number of hydrogen-bond donors (Lipinski definition) is 0. The molecular formula is C18H15BrO6. The number of rotatable bonds is 4. The summed E-state index contributed by atoms with van der Waals surface area (Å²) < 4.78 is 21.8. The number of carbonyl (C=O) groups excluding carboxylic acids is 2. The lowest BCUT2D eigenvalue weighted by Gasteiger charge is -2.08. The number of esters is 2. The normalized spacial score (nSPS) is 11.1. The van der Waals surface area contributed by atoms with Gasteiger partial charge in [0.05, 0.1) is 16.8 Å². The molecule has 0 saturated heterocycles. The summed E-state index contributed by atoms with van der Waals surface area (Å²) in [5.41, 5.74) is 0.796. The first-order valence-electron chi connectivity index (χ1n) is 7.56. The van der Waals surface area contributed by atoms with Crippen molar-refractivity contribution in [2.45, 2.75) is 26.9 Å². The molecule has 0 saturated carbocycles. The Morgan fingerprint density at radius 2 is 1.96 bits per heavy atom. The molecular weight excluding hydrogens is 392 g/mol. The van der Waals surface area contributed by atoms with Crippen molar-refractivity contribution in [3.05, 3.63) is 52.1 Å². The fourth-order valence-corrected chi connectivity index (χ4v) is 2.77. The van der Waals surface area contributed by atoms with Gasteiger partial charge in [-0.1, -0.05) is 0 Å². The van der Waals surface area contributed by atoms with Crippen LogP contribution in [0.3, 0.4) is 0 Å². The van der Waals surface area contributed by atoms with Crippen LogP contribution in [-0.2, 0) is 4.74 Å². The Kier molecular flexibility index (Phi) is 4.67. The highest BCUT2D eigenvalue weighted by Gasteiger charge is 2.23. The SMILES string of the molecule is Cc1oc2cc(Br)c(OC(=O)c3ccco3)cc2c1C(=O)OC(C)C. The van der Waals surface area contributed by atoms with Crippen LogP contribution in [0.5, 0.6) is 5.75 Å². The van der Waals surface area contributed by atoms with E-state index in [1.54, 1.807) is 39.0 Å². The third-order valence-electron chi connectivity index (χ3n) is 3.39. The molecule has 0 fully saturated rings. The predicted molar refractivity (Wildman–Crippen MR) is 92.9 cm³/mol. The van der Waals surface area contributed by atoms with Gasteiger partial charge in [0.2, 0.25) is 5.76 Å². The summed E-state index contributed by atoms with van der Waals surface area (Å²) in [4.78, 5) is 24.4. The molecule has 0 spiro atoms. The van der Waals surface area contributed by atoms with Crippen LogP contribution < -0.4 is 4.74 Å². The van der Waals surface area contributed by atoms with Crippen molar-refractivity contribution in [2.75, 3.05) is 0 Å². The van der Waals surface area contributed by atoms with Crippen LogP contribution in [0, 0.1) is 6.92 Å². The van der Waals surface area contributed by atoms with Crippen molar-refractivity contribution < 1.29 is 27.9 Å². The molecule has 0 atom stereocenters. The van der Waals surface area contributed by atoms with E-state index in [1.165, 1.54) is 12.3 Å². The molecule has 25 heavy (non-hydrogen) atoms. The summed E-state index contributed by atoms with van der Waals surface area (Å²) in [5.74, 6) is -0.376. The van der Waals surface area contributed by atoms with Gasteiger partial charge in [0.1, 0.15) is 22.7 Å². The van der Waals surface area contributed by atoms with Gasteiger partial charge in [-0.25, -0.2) is 9.59 Å². The molecule has 0 aliphatic heterocycles. The van der Waals surface area contributed by atoms with Crippen LogP contribution in [-0.4, -0.2) is 18.0 Å². The fraction of sp³-hybridized carbons (Fsp3) is 0.222. The van der Waals surface area contributed by atoms with Crippen molar-refractivity contribution in [3.8, 4) is 5.75 Å². The van der Waals surface area contributed by atoms with E-state index in [1.807, 2.05) is 0 Å². The molecule has 0 unspecified atom stereocenters. The van der Waals surface area contributed by atoms with Gasteiger partial charge >= 0.3 is 11.9 Å². The van der Waals surface area contributed by atoms with Crippen LogP contribution in [0.2, 0.25) is 0 Å². The predicted octanol–water partition coefficient (Wildman–Crippen LogP) is 4.88. The van der Waals surface area contributed by atoms with Crippen molar-refractivity contribution >= 4 is 38.8 Å². The fourth-order valence-electron chi connectivity index (χ4n) is 2.37. The molecule has 6 nitrogen and oxygen atoms in total. The highest BCUT2D eigenvalue weighted by atomic mass is 79.9. The number of aryl methyl sites for hydroxylation is 1. The van der Waals surface area contributed by atoms with Crippen molar-refractivity contribution in [1.29, 1.82) is 0 Å². The summed E-state index contributed by atoms with van der Waals surface area (Å²) in [6.07, 6.45) is 1.12. The number of benzene rings is 1. The Bertz CT molecular complexity index is 936. The first-order valence-corrected chi connectivity index (χ1v) is 8.35. The molecule has 0 aliphatic rings. The largest absolute Gasteiger partial charge is 0.460 e. The summed E-state index contributed by atoms with van der Waals surface area (Å²) in [7, 11) is 0. The lowest BCUT2D eigenvalue weighted by atomic mass is 10.1. The summed E-state index contributed by atoms with van der Waals surface area (Å²) in [6, 6.07) is 6.30. The van der Waals surface area contributed by atoms with E-state index >= 15 is 0 Å². The maximum Gasteiger partial charge on any atom is 0.379 e. The van der Waals surface area contributed by atoms with Crippen LogP contribution in [0.15, 0.2) is 43.8 Å². The number of fused-ring (bicyclic) bond motifs is 1. The van der Waals surface area contributed by atoms with E-state index < -0.39 is 11.9 Å².